The van der Waals surface area contributed by atoms with Crippen LogP contribution in [0.4, 0.5) is 0 Å². The van der Waals surface area contributed by atoms with Crippen LogP contribution in [-0.4, -0.2) is 17.9 Å². The number of hydrogen-bond acceptors (Lipinski definition) is 3. The maximum atomic E-state index is 12.1. The van der Waals surface area contributed by atoms with Gasteiger partial charge >= 0.3 is 0 Å². The van der Waals surface area contributed by atoms with Gasteiger partial charge < -0.3 is 9.64 Å². The van der Waals surface area contributed by atoms with Crippen LogP contribution in [0.15, 0.2) is 35.7 Å². The Morgan fingerprint density at radius 1 is 1.28 bits per heavy atom. The molecule has 0 radical (unpaired) electrons. The Labute approximate surface area is 110 Å². The second kappa shape index (κ2) is 4.46. The molecule has 92 valence electrons. The molecule has 0 aliphatic carbocycles. The first kappa shape index (κ1) is 11.3. The number of nitrogens with zero attached hydrogens (tertiary/aromatic N) is 1. The molecule has 0 unspecified atom stereocenters. The van der Waals surface area contributed by atoms with E-state index in [4.69, 9.17) is 4.74 Å². The standard InChI is InChI=1S/C14H13NO2S/c1-17-12-4-2-10(3-5-12)8-15-9-11-6-7-18-13(11)14(15)16/h2-7H,8-9H2,1H3. The van der Waals surface area contributed by atoms with Crippen LogP contribution in [0.1, 0.15) is 20.8 Å². The zero-order valence-electron chi connectivity index (χ0n) is 10.1. The van der Waals surface area contributed by atoms with E-state index in [1.54, 1.807) is 7.11 Å². The third-order valence-electron chi connectivity index (χ3n) is 3.12. The predicted molar refractivity (Wildman–Crippen MR) is 70.9 cm³/mol. The summed E-state index contributed by atoms with van der Waals surface area (Å²) in [4.78, 5) is 14.9. The number of fused-ring (bicyclic) bond motifs is 1. The Kier molecular flexibility index (Phi) is 2.80. The van der Waals surface area contributed by atoms with Crippen LogP contribution < -0.4 is 4.74 Å². The van der Waals surface area contributed by atoms with E-state index in [9.17, 15) is 4.79 Å². The van der Waals surface area contributed by atoms with Crippen LogP contribution in [-0.2, 0) is 13.1 Å². The summed E-state index contributed by atoms with van der Waals surface area (Å²) in [5.74, 6) is 0.987. The fourth-order valence-corrected chi connectivity index (χ4v) is 3.03. The van der Waals surface area contributed by atoms with E-state index in [1.807, 2.05) is 40.6 Å². The zero-order chi connectivity index (χ0) is 12.5. The van der Waals surface area contributed by atoms with Gasteiger partial charge in [0.2, 0.25) is 0 Å². The number of ether oxygens (including phenoxy) is 1. The summed E-state index contributed by atoms with van der Waals surface area (Å²) >= 11 is 1.53. The number of rotatable bonds is 3. The van der Waals surface area contributed by atoms with Crippen LogP contribution in [0.25, 0.3) is 0 Å². The topological polar surface area (TPSA) is 29.5 Å². The molecular weight excluding hydrogens is 246 g/mol. The predicted octanol–water partition coefficient (Wildman–Crippen LogP) is 2.91. The summed E-state index contributed by atoms with van der Waals surface area (Å²) in [6.45, 7) is 1.38. The lowest BCUT2D eigenvalue weighted by atomic mass is 10.2. The highest BCUT2D eigenvalue weighted by atomic mass is 32.1. The number of thiophene rings is 1. The van der Waals surface area contributed by atoms with Gasteiger partial charge in [-0.1, -0.05) is 12.1 Å². The molecule has 0 bridgehead atoms. The summed E-state index contributed by atoms with van der Waals surface area (Å²) < 4.78 is 5.12. The molecule has 1 aromatic carbocycles. The largest absolute Gasteiger partial charge is 0.497 e. The van der Waals surface area contributed by atoms with Gasteiger partial charge in [0.1, 0.15) is 5.75 Å². The molecular formula is C14H13NO2S. The van der Waals surface area contributed by atoms with Crippen molar-refractivity contribution in [1.82, 2.24) is 4.90 Å². The molecule has 0 spiro atoms. The van der Waals surface area contributed by atoms with E-state index in [-0.39, 0.29) is 5.91 Å². The first-order valence-corrected chi connectivity index (χ1v) is 6.64. The first-order valence-electron chi connectivity index (χ1n) is 5.76. The van der Waals surface area contributed by atoms with Crippen LogP contribution in [0.2, 0.25) is 0 Å². The third kappa shape index (κ3) is 1.88. The van der Waals surface area contributed by atoms with Crippen molar-refractivity contribution < 1.29 is 9.53 Å². The zero-order valence-corrected chi connectivity index (χ0v) is 10.9. The van der Waals surface area contributed by atoms with Gasteiger partial charge in [0.05, 0.1) is 12.0 Å². The minimum atomic E-state index is 0.149. The molecule has 4 heteroatoms. The highest BCUT2D eigenvalue weighted by molar-refractivity contribution is 7.12. The molecule has 0 fully saturated rings. The molecule has 1 amide bonds. The average Bonchev–Trinajstić information content (AvgIpc) is 2.95. The summed E-state index contributed by atoms with van der Waals surface area (Å²) in [6.07, 6.45) is 0. The van der Waals surface area contributed by atoms with Gasteiger partial charge in [0.25, 0.3) is 5.91 Å². The van der Waals surface area contributed by atoms with Gasteiger partial charge in [-0.3, -0.25) is 4.79 Å². The van der Waals surface area contributed by atoms with Crippen LogP contribution >= 0.6 is 11.3 Å². The number of methoxy groups -OCH3 is 1. The lowest BCUT2D eigenvalue weighted by molar-refractivity contribution is 0.0770. The molecule has 1 aromatic heterocycles. The van der Waals surface area contributed by atoms with E-state index in [0.29, 0.717) is 6.54 Å². The summed E-state index contributed by atoms with van der Waals surface area (Å²) in [7, 11) is 1.65. The molecule has 0 atom stereocenters. The molecule has 18 heavy (non-hydrogen) atoms. The van der Waals surface area contributed by atoms with Crippen molar-refractivity contribution in [1.29, 1.82) is 0 Å². The van der Waals surface area contributed by atoms with Gasteiger partial charge in [0, 0.05) is 13.1 Å². The van der Waals surface area contributed by atoms with Gasteiger partial charge in [-0.2, -0.15) is 0 Å². The molecule has 0 N–H and O–H groups in total. The van der Waals surface area contributed by atoms with Crippen molar-refractivity contribution in [3.63, 3.8) is 0 Å². The Balaban J connectivity index is 1.74. The van der Waals surface area contributed by atoms with Gasteiger partial charge in [0.15, 0.2) is 0 Å². The number of carbonyl (C=O) groups excluding carboxylic acids is 1. The summed E-state index contributed by atoms with van der Waals surface area (Å²) in [5.41, 5.74) is 2.28. The van der Waals surface area contributed by atoms with Crippen molar-refractivity contribution in [2.24, 2.45) is 0 Å². The molecule has 1 aliphatic rings. The Bertz CT molecular complexity index is 574. The van der Waals surface area contributed by atoms with Crippen molar-refractivity contribution in [2.45, 2.75) is 13.1 Å². The fraction of sp³-hybridized carbons (Fsp3) is 0.214. The second-order valence-corrected chi connectivity index (χ2v) is 5.20. The normalized spacial score (nSPS) is 13.8. The van der Waals surface area contributed by atoms with E-state index in [2.05, 4.69) is 0 Å². The van der Waals surface area contributed by atoms with Crippen LogP contribution in [0.3, 0.4) is 0 Å². The van der Waals surface area contributed by atoms with Gasteiger partial charge in [-0.15, -0.1) is 11.3 Å². The third-order valence-corrected chi connectivity index (χ3v) is 4.07. The molecule has 2 aromatic rings. The number of benzene rings is 1. The average molecular weight is 259 g/mol. The molecule has 1 aliphatic heterocycles. The minimum absolute atomic E-state index is 0.149. The molecule has 3 rings (SSSR count). The highest BCUT2D eigenvalue weighted by Crippen LogP contribution is 2.28. The Morgan fingerprint density at radius 3 is 2.72 bits per heavy atom. The van der Waals surface area contributed by atoms with E-state index in [1.165, 1.54) is 11.3 Å². The van der Waals surface area contributed by atoms with Crippen LogP contribution in [0.5, 0.6) is 5.75 Å². The van der Waals surface area contributed by atoms with Crippen molar-refractivity contribution in [3.05, 3.63) is 51.7 Å². The van der Waals surface area contributed by atoms with Gasteiger partial charge in [-0.25, -0.2) is 0 Å². The Morgan fingerprint density at radius 2 is 2.06 bits per heavy atom. The number of hydrogen-bond donors (Lipinski definition) is 0. The molecule has 0 saturated heterocycles. The van der Waals surface area contributed by atoms with E-state index >= 15 is 0 Å². The van der Waals surface area contributed by atoms with Crippen LogP contribution in [0, 0.1) is 0 Å². The SMILES string of the molecule is COc1ccc(CN2Cc3ccsc3C2=O)cc1. The van der Waals surface area contributed by atoms with E-state index in [0.717, 1.165) is 28.3 Å². The summed E-state index contributed by atoms with van der Waals surface area (Å²) in [5, 5.41) is 1.98. The van der Waals surface area contributed by atoms with E-state index < -0.39 is 0 Å². The minimum Gasteiger partial charge on any atom is -0.497 e. The number of amides is 1. The summed E-state index contributed by atoms with van der Waals surface area (Å²) in [6, 6.07) is 9.88. The smallest absolute Gasteiger partial charge is 0.264 e. The molecule has 2 heterocycles. The molecule has 3 nitrogen and oxygen atoms in total. The van der Waals surface area contributed by atoms with Crippen molar-refractivity contribution in [3.8, 4) is 5.75 Å². The maximum absolute atomic E-state index is 12.1. The maximum Gasteiger partial charge on any atom is 0.264 e. The number of carbonyl (C=O) groups is 1. The van der Waals surface area contributed by atoms with Gasteiger partial charge in [-0.05, 0) is 34.7 Å². The van der Waals surface area contributed by atoms with Crippen molar-refractivity contribution in [2.75, 3.05) is 7.11 Å². The monoisotopic (exact) mass is 259 g/mol. The Hall–Kier alpha value is -1.81. The lowest BCUT2D eigenvalue weighted by Gasteiger charge is -2.15. The first-order chi connectivity index (χ1) is 8.78. The highest BCUT2D eigenvalue weighted by Gasteiger charge is 2.28. The fourth-order valence-electron chi connectivity index (χ4n) is 2.15. The lowest BCUT2D eigenvalue weighted by Crippen LogP contribution is -2.23. The molecule has 0 saturated carbocycles. The van der Waals surface area contributed by atoms with Crippen molar-refractivity contribution >= 4 is 17.2 Å². The second-order valence-electron chi connectivity index (χ2n) is 4.28. The quantitative estimate of drug-likeness (QED) is 0.848.